The molecule has 0 saturated carbocycles. The van der Waals surface area contributed by atoms with Crippen LogP contribution in [0, 0.1) is 19.8 Å². The second kappa shape index (κ2) is 6.43. The number of nitrogens with zero attached hydrogens (tertiary/aromatic N) is 3. The van der Waals surface area contributed by atoms with Gasteiger partial charge in [-0.25, -0.2) is 9.97 Å². The number of aryl methyl sites for hydroxylation is 2. The van der Waals surface area contributed by atoms with Crippen molar-refractivity contribution in [2.45, 2.75) is 25.3 Å². The molecule has 0 N–H and O–H groups in total. The number of likely N-dealkylation sites (tertiary alicyclic amines) is 1. The number of hydrogen-bond acceptors (Lipinski definition) is 6. The first-order valence-electron chi connectivity index (χ1n) is 6.74. The quantitative estimate of drug-likeness (QED) is 0.478. The fraction of sp³-hybridized carbons (Fsp3) is 0.571. The van der Waals surface area contributed by atoms with E-state index in [0.29, 0.717) is 41.6 Å². The molecular formula is C14H19N3O3S. The van der Waals surface area contributed by atoms with Crippen molar-refractivity contribution in [3.8, 4) is 0 Å². The Balaban J connectivity index is 2.24. The molecule has 0 aromatic carbocycles. The van der Waals surface area contributed by atoms with Crippen molar-refractivity contribution in [1.82, 2.24) is 14.9 Å². The number of aromatic nitrogens is 2. The maximum atomic E-state index is 12.7. The minimum atomic E-state index is -0.257. The lowest BCUT2D eigenvalue weighted by molar-refractivity contribution is -0.144. The van der Waals surface area contributed by atoms with Crippen LogP contribution in [0.15, 0.2) is 5.03 Å². The largest absolute Gasteiger partial charge is 0.469 e. The van der Waals surface area contributed by atoms with Crippen molar-refractivity contribution >= 4 is 23.6 Å². The fourth-order valence-electron chi connectivity index (χ4n) is 2.54. The van der Waals surface area contributed by atoms with Crippen LogP contribution >= 0.6 is 11.8 Å². The Morgan fingerprint density at radius 1 is 1.33 bits per heavy atom. The molecule has 0 bridgehead atoms. The summed E-state index contributed by atoms with van der Waals surface area (Å²) in [5.74, 6) is 0.0566. The smallest absolute Gasteiger partial charge is 0.310 e. The van der Waals surface area contributed by atoms with E-state index >= 15 is 0 Å². The number of amides is 1. The summed E-state index contributed by atoms with van der Waals surface area (Å²) in [5, 5.41) is 0.687. The van der Waals surface area contributed by atoms with Gasteiger partial charge in [0.25, 0.3) is 5.91 Å². The fourth-order valence-corrected chi connectivity index (χ4v) is 3.20. The maximum absolute atomic E-state index is 12.7. The molecule has 1 unspecified atom stereocenters. The summed E-state index contributed by atoms with van der Waals surface area (Å²) in [7, 11) is 1.37. The number of methoxy groups -OCH3 is 1. The number of ether oxygens (including phenoxy) is 1. The Hall–Kier alpha value is -1.63. The van der Waals surface area contributed by atoms with Crippen LogP contribution in [0.4, 0.5) is 0 Å². The summed E-state index contributed by atoms with van der Waals surface area (Å²) in [6.07, 6.45) is 2.53. The van der Waals surface area contributed by atoms with Gasteiger partial charge in [-0.3, -0.25) is 9.59 Å². The number of esters is 1. The third-order valence-corrected chi connectivity index (χ3v) is 4.27. The highest BCUT2D eigenvalue weighted by Crippen LogP contribution is 2.25. The van der Waals surface area contributed by atoms with E-state index < -0.39 is 0 Å². The monoisotopic (exact) mass is 309 g/mol. The lowest BCUT2D eigenvalue weighted by Gasteiger charge is -2.18. The molecular weight excluding hydrogens is 290 g/mol. The molecule has 2 rings (SSSR count). The van der Waals surface area contributed by atoms with Crippen molar-refractivity contribution < 1.29 is 14.3 Å². The molecule has 1 aliphatic rings. The van der Waals surface area contributed by atoms with Crippen molar-refractivity contribution in [2.24, 2.45) is 5.92 Å². The molecule has 2 heterocycles. The van der Waals surface area contributed by atoms with E-state index in [-0.39, 0.29) is 17.8 Å². The Bertz CT molecular complexity index is 577. The summed E-state index contributed by atoms with van der Waals surface area (Å²) >= 11 is 1.43. The zero-order valence-corrected chi connectivity index (χ0v) is 13.5. The molecule has 114 valence electrons. The normalized spacial score (nSPS) is 17.9. The standard InChI is InChI=1S/C14H19N3O3S/c1-8-11(12(21-4)16-9(2)15-8)13(18)17-6-5-10(7-17)14(19)20-3/h10H,5-7H2,1-4H3. The summed E-state index contributed by atoms with van der Waals surface area (Å²) in [6.45, 7) is 4.58. The van der Waals surface area contributed by atoms with Gasteiger partial charge in [0.1, 0.15) is 10.9 Å². The molecule has 1 aromatic rings. The highest BCUT2D eigenvalue weighted by molar-refractivity contribution is 7.98. The highest BCUT2D eigenvalue weighted by Gasteiger charge is 2.33. The van der Waals surface area contributed by atoms with Crippen LogP contribution in [0.2, 0.25) is 0 Å². The lowest BCUT2D eigenvalue weighted by Crippen LogP contribution is -2.31. The molecule has 1 amide bonds. The molecule has 0 spiro atoms. The van der Waals surface area contributed by atoms with Crippen LogP contribution in [-0.2, 0) is 9.53 Å². The number of thioether (sulfide) groups is 1. The molecule has 1 aromatic heterocycles. The number of carbonyl (C=O) groups is 2. The zero-order chi connectivity index (χ0) is 15.6. The van der Waals surface area contributed by atoms with E-state index in [1.165, 1.54) is 18.9 Å². The number of hydrogen-bond donors (Lipinski definition) is 0. The van der Waals surface area contributed by atoms with E-state index in [9.17, 15) is 9.59 Å². The van der Waals surface area contributed by atoms with E-state index in [2.05, 4.69) is 9.97 Å². The van der Waals surface area contributed by atoms with Crippen LogP contribution in [-0.4, -0.2) is 53.2 Å². The predicted octanol–water partition coefficient (Wildman–Crippen LogP) is 1.45. The molecule has 7 heteroatoms. The van der Waals surface area contributed by atoms with Crippen LogP contribution in [0.5, 0.6) is 0 Å². The minimum Gasteiger partial charge on any atom is -0.469 e. The maximum Gasteiger partial charge on any atom is 0.310 e. The predicted molar refractivity (Wildman–Crippen MR) is 79.3 cm³/mol. The Morgan fingerprint density at radius 3 is 2.67 bits per heavy atom. The first-order valence-corrected chi connectivity index (χ1v) is 7.96. The first kappa shape index (κ1) is 15.8. The van der Waals surface area contributed by atoms with Crippen molar-refractivity contribution in [1.29, 1.82) is 0 Å². The number of rotatable bonds is 3. The van der Waals surface area contributed by atoms with Gasteiger partial charge in [0.2, 0.25) is 0 Å². The van der Waals surface area contributed by atoms with Crippen LogP contribution < -0.4 is 0 Å². The van der Waals surface area contributed by atoms with Gasteiger partial charge < -0.3 is 9.64 Å². The molecule has 21 heavy (non-hydrogen) atoms. The molecule has 0 radical (unpaired) electrons. The summed E-state index contributed by atoms with van der Waals surface area (Å²) < 4.78 is 4.75. The van der Waals surface area contributed by atoms with Crippen molar-refractivity contribution in [3.05, 3.63) is 17.1 Å². The van der Waals surface area contributed by atoms with Gasteiger partial charge in [-0.2, -0.15) is 0 Å². The van der Waals surface area contributed by atoms with Gasteiger partial charge in [-0.15, -0.1) is 11.8 Å². The zero-order valence-electron chi connectivity index (χ0n) is 12.7. The van der Waals surface area contributed by atoms with E-state index in [4.69, 9.17) is 4.74 Å². The average Bonchev–Trinajstić information content (AvgIpc) is 2.94. The first-order chi connectivity index (χ1) is 9.97. The number of carbonyl (C=O) groups excluding carboxylic acids is 2. The second-order valence-electron chi connectivity index (χ2n) is 5.00. The minimum absolute atomic E-state index is 0.108. The van der Waals surface area contributed by atoms with Gasteiger partial charge in [0.15, 0.2) is 0 Å². The Kier molecular flexibility index (Phi) is 4.82. The Morgan fingerprint density at radius 2 is 2.05 bits per heavy atom. The third-order valence-electron chi connectivity index (χ3n) is 3.59. The van der Waals surface area contributed by atoms with Gasteiger partial charge >= 0.3 is 5.97 Å². The summed E-state index contributed by atoms with van der Waals surface area (Å²) in [4.78, 5) is 34.6. The van der Waals surface area contributed by atoms with Gasteiger partial charge in [-0.05, 0) is 26.5 Å². The van der Waals surface area contributed by atoms with Gasteiger partial charge in [0.05, 0.1) is 24.3 Å². The molecule has 1 aliphatic heterocycles. The van der Waals surface area contributed by atoms with Crippen LogP contribution in [0.3, 0.4) is 0 Å². The molecule has 1 saturated heterocycles. The van der Waals surface area contributed by atoms with E-state index in [0.717, 1.165) is 0 Å². The molecule has 0 aliphatic carbocycles. The lowest BCUT2D eigenvalue weighted by atomic mass is 10.1. The van der Waals surface area contributed by atoms with E-state index in [1.54, 1.807) is 4.90 Å². The van der Waals surface area contributed by atoms with Crippen LogP contribution in [0.25, 0.3) is 0 Å². The summed E-state index contributed by atoms with van der Waals surface area (Å²) in [6, 6.07) is 0. The van der Waals surface area contributed by atoms with Gasteiger partial charge in [-0.1, -0.05) is 0 Å². The summed E-state index contributed by atoms with van der Waals surface area (Å²) in [5.41, 5.74) is 1.22. The Labute approximate surface area is 128 Å². The molecule has 6 nitrogen and oxygen atoms in total. The third kappa shape index (κ3) is 3.18. The van der Waals surface area contributed by atoms with Gasteiger partial charge in [0, 0.05) is 13.1 Å². The molecule has 1 atom stereocenters. The highest BCUT2D eigenvalue weighted by atomic mass is 32.2. The van der Waals surface area contributed by atoms with Crippen molar-refractivity contribution in [3.63, 3.8) is 0 Å². The van der Waals surface area contributed by atoms with Crippen molar-refractivity contribution in [2.75, 3.05) is 26.5 Å². The molecule has 1 fully saturated rings. The van der Waals surface area contributed by atoms with Crippen LogP contribution in [0.1, 0.15) is 28.3 Å². The SMILES string of the molecule is COC(=O)C1CCN(C(=O)c2c(C)nc(C)nc2SC)C1. The average molecular weight is 309 g/mol. The topological polar surface area (TPSA) is 72.4 Å². The second-order valence-corrected chi connectivity index (χ2v) is 5.80. The van der Waals surface area contributed by atoms with E-state index in [1.807, 2.05) is 20.1 Å².